The Bertz CT molecular complexity index is 1690. The number of aliphatic hydroxyl groups excluding tert-OH is 1. The molecule has 1 aromatic rings. The van der Waals surface area contributed by atoms with Crippen molar-refractivity contribution in [3.63, 3.8) is 0 Å². The third-order valence-corrected chi connectivity index (χ3v) is 12.1. The van der Waals surface area contributed by atoms with Gasteiger partial charge in [0.25, 0.3) is 0 Å². The van der Waals surface area contributed by atoms with Gasteiger partial charge < -0.3 is 41.0 Å². The first-order valence-electron chi connectivity index (χ1n) is 19.2. The highest BCUT2D eigenvalue weighted by molar-refractivity contribution is 6.01. The summed E-state index contributed by atoms with van der Waals surface area (Å²) in [6.07, 6.45) is 0.546. The zero-order valence-corrected chi connectivity index (χ0v) is 32.0. The molecule has 9 atom stereocenters. The van der Waals surface area contributed by atoms with Crippen molar-refractivity contribution >= 4 is 35.3 Å². The van der Waals surface area contributed by atoms with Gasteiger partial charge in [0.2, 0.25) is 5.91 Å². The van der Waals surface area contributed by atoms with Crippen molar-refractivity contribution < 1.29 is 52.1 Å². The van der Waals surface area contributed by atoms with E-state index in [1.807, 2.05) is 6.92 Å². The van der Waals surface area contributed by atoms with Gasteiger partial charge in [-0.15, -0.1) is 0 Å². The van der Waals surface area contributed by atoms with E-state index in [2.05, 4.69) is 16.0 Å². The molecule has 3 unspecified atom stereocenters. The number of benzene rings is 1. The highest BCUT2D eigenvalue weighted by Gasteiger charge is 2.76. The number of nitrogens with one attached hydrogen (secondary N) is 3. The van der Waals surface area contributed by atoms with Crippen molar-refractivity contribution in [3.05, 3.63) is 53.6 Å². The molecule has 1 heterocycles. The summed E-state index contributed by atoms with van der Waals surface area (Å²) in [7, 11) is 0. The average Bonchev–Trinajstić information content (AvgIpc) is 3.62. The van der Waals surface area contributed by atoms with E-state index in [4.69, 9.17) is 19.9 Å². The van der Waals surface area contributed by atoms with E-state index in [0.29, 0.717) is 43.5 Å². The number of hydrogen-bond donors (Lipinski definition) is 5. The van der Waals surface area contributed by atoms with Crippen LogP contribution < -0.4 is 21.7 Å². The topological polar surface area (TPSA) is 195 Å². The minimum Gasteiger partial charge on any atom is -0.445 e. The first-order chi connectivity index (χ1) is 26.0. The molecule has 5 rings (SSSR count). The van der Waals surface area contributed by atoms with Gasteiger partial charge in [-0.25, -0.2) is 18.4 Å². The molecular formula is C40H54F2N4O9. The van der Waals surface area contributed by atoms with E-state index in [0.717, 1.165) is 6.08 Å². The standard InChI is InChI=1S/C40H54F2N4O9/c1-5-9-34-54-32-18-25-20-39(42,37(3)16-15-27(47)19-28(37)29(41)6-2)30(48)21-38(25,4)40(32,55-34)31(49)22-45-36(52)53-23-24-11-13-26(14-12-24)46-33(50)10-7-8-17-44-35(43)51/h11-16,19,25,29-30,32,34,48H,5-10,17-18,20-23H2,1-4H3,(H,45,52)(H,46,50)(H3,43,44,51)/t25?,29-,30-,32?,34?,37-,38-,39-,40+/m0/s1. The largest absolute Gasteiger partial charge is 0.445 e. The van der Waals surface area contributed by atoms with E-state index in [9.17, 15) is 29.1 Å². The molecule has 1 saturated heterocycles. The number of nitrogens with two attached hydrogens (primary N) is 1. The summed E-state index contributed by atoms with van der Waals surface area (Å²) in [6.45, 7) is 6.64. The van der Waals surface area contributed by atoms with Gasteiger partial charge in [-0.3, -0.25) is 14.4 Å². The van der Waals surface area contributed by atoms with Gasteiger partial charge in [-0.05, 0) is 93.2 Å². The lowest BCUT2D eigenvalue weighted by Crippen LogP contribution is -2.65. The maximum atomic E-state index is 17.6. The number of rotatable bonds is 16. The second-order valence-electron chi connectivity index (χ2n) is 15.6. The Morgan fingerprint density at radius 3 is 2.49 bits per heavy atom. The summed E-state index contributed by atoms with van der Waals surface area (Å²) in [5, 5.41) is 19.5. The molecule has 302 valence electrons. The zero-order chi connectivity index (χ0) is 40.2. The number of alkyl carbamates (subject to hydrolysis) is 1. The Morgan fingerprint density at radius 2 is 1.82 bits per heavy atom. The van der Waals surface area contributed by atoms with E-state index in [1.165, 1.54) is 19.1 Å². The van der Waals surface area contributed by atoms with Crippen molar-refractivity contribution in [3.8, 4) is 0 Å². The number of carbonyl (C=O) groups excluding carboxylic acids is 5. The molecule has 0 bridgehead atoms. The highest BCUT2D eigenvalue weighted by atomic mass is 19.1. The van der Waals surface area contributed by atoms with Crippen LogP contribution in [0.2, 0.25) is 0 Å². The number of amides is 4. The molecule has 2 saturated carbocycles. The van der Waals surface area contributed by atoms with Crippen LogP contribution in [0.25, 0.3) is 0 Å². The molecule has 1 aromatic carbocycles. The maximum Gasteiger partial charge on any atom is 0.407 e. The Kier molecular flexibility index (Phi) is 12.9. The molecule has 4 aliphatic rings. The third kappa shape index (κ3) is 8.20. The number of urea groups is 1. The summed E-state index contributed by atoms with van der Waals surface area (Å²) >= 11 is 0. The van der Waals surface area contributed by atoms with E-state index in [1.54, 1.807) is 38.1 Å². The van der Waals surface area contributed by atoms with Crippen LogP contribution in [0.1, 0.15) is 91.0 Å². The van der Waals surface area contributed by atoms with E-state index < -0.39 is 82.9 Å². The molecule has 4 amide bonds. The van der Waals surface area contributed by atoms with Crippen LogP contribution in [0.4, 0.5) is 24.1 Å². The molecule has 13 nitrogen and oxygen atoms in total. The number of halogens is 2. The molecule has 55 heavy (non-hydrogen) atoms. The Labute approximate surface area is 320 Å². The van der Waals surface area contributed by atoms with Gasteiger partial charge in [0.1, 0.15) is 18.4 Å². The molecule has 3 fully saturated rings. The van der Waals surface area contributed by atoms with Crippen LogP contribution in [0, 0.1) is 16.7 Å². The minimum absolute atomic E-state index is 0.0165. The van der Waals surface area contributed by atoms with Gasteiger partial charge in [-0.1, -0.05) is 45.4 Å². The van der Waals surface area contributed by atoms with Gasteiger partial charge in [0, 0.05) is 29.5 Å². The number of ether oxygens (including phenoxy) is 3. The van der Waals surface area contributed by atoms with Crippen molar-refractivity contribution in [1.82, 2.24) is 10.6 Å². The molecule has 3 aliphatic carbocycles. The lowest BCUT2D eigenvalue weighted by atomic mass is 9.51. The highest BCUT2D eigenvalue weighted by Crippen LogP contribution is 2.67. The molecule has 6 N–H and O–H groups in total. The number of Topliss-reactive ketones (excluding diaryl/α,β-unsaturated/α-hetero) is 1. The lowest BCUT2D eigenvalue weighted by molar-refractivity contribution is -0.203. The Morgan fingerprint density at radius 1 is 1.09 bits per heavy atom. The fourth-order valence-electron chi connectivity index (χ4n) is 9.03. The number of primary amides is 1. The van der Waals surface area contributed by atoms with Crippen LogP contribution in [-0.4, -0.2) is 83.7 Å². The van der Waals surface area contributed by atoms with Gasteiger partial charge >= 0.3 is 12.1 Å². The second kappa shape index (κ2) is 16.9. The number of carbonyl (C=O) groups is 5. The predicted octanol–water partition coefficient (Wildman–Crippen LogP) is 5.25. The van der Waals surface area contributed by atoms with Crippen molar-refractivity contribution in [2.24, 2.45) is 22.5 Å². The van der Waals surface area contributed by atoms with Crippen molar-refractivity contribution in [1.29, 1.82) is 0 Å². The minimum atomic E-state index is -2.37. The zero-order valence-electron chi connectivity index (χ0n) is 32.0. The Hall–Kier alpha value is -4.21. The van der Waals surface area contributed by atoms with E-state index in [-0.39, 0.29) is 50.2 Å². The molecule has 0 spiro atoms. The van der Waals surface area contributed by atoms with Crippen molar-refractivity contribution in [2.45, 2.75) is 128 Å². The third-order valence-electron chi connectivity index (χ3n) is 12.1. The lowest BCUT2D eigenvalue weighted by Gasteiger charge is -2.56. The van der Waals surface area contributed by atoms with Crippen LogP contribution in [0.15, 0.2) is 48.1 Å². The quantitative estimate of drug-likeness (QED) is 0.140. The SMILES string of the molecule is CCCC1OC2CC3C[C@@](F)([C@@]4(C)C=CC(=O)C=C4[C@@H](F)CC)[C@@H](O)C[C@]3(C)[C@]2(C(=O)CNC(=O)OCc2ccc(NC(=O)CCCCNC(N)=O)cc2)O1. The second-order valence-corrected chi connectivity index (χ2v) is 15.6. The van der Waals surface area contributed by atoms with Crippen LogP contribution in [0.3, 0.4) is 0 Å². The number of unbranched alkanes of at least 4 members (excludes halogenated alkanes) is 1. The van der Waals surface area contributed by atoms with E-state index >= 15 is 8.78 Å². The first kappa shape index (κ1) is 41.9. The summed E-state index contributed by atoms with van der Waals surface area (Å²) in [6, 6.07) is 6.08. The number of allylic oxidation sites excluding steroid dienone is 4. The normalized spacial score (nSPS) is 32.9. The number of fused-ring (bicyclic) bond motifs is 3. The molecule has 0 radical (unpaired) electrons. The fraction of sp³-hybridized carbons (Fsp3) is 0.625. The smallest absolute Gasteiger partial charge is 0.407 e. The summed E-state index contributed by atoms with van der Waals surface area (Å²) in [5.74, 6) is -1.67. The Balaban J connectivity index is 1.22. The molecule has 1 aliphatic heterocycles. The van der Waals surface area contributed by atoms with Gasteiger partial charge in [0.15, 0.2) is 23.5 Å². The number of anilines is 1. The number of aliphatic hydroxyl groups is 1. The summed E-state index contributed by atoms with van der Waals surface area (Å²) < 4.78 is 51.0. The molecule has 0 aromatic heterocycles. The first-order valence-corrected chi connectivity index (χ1v) is 19.2. The fourth-order valence-corrected chi connectivity index (χ4v) is 9.03. The van der Waals surface area contributed by atoms with Crippen LogP contribution >= 0.6 is 0 Å². The summed E-state index contributed by atoms with van der Waals surface area (Å²) in [4.78, 5) is 62.4. The number of alkyl halides is 2. The van der Waals surface area contributed by atoms with Crippen molar-refractivity contribution in [2.75, 3.05) is 18.4 Å². The summed E-state index contributed by atoms with van der Waals surface area (Å²) in [5.41, 5.74) is -0.537. The maximum absolute atomic E-state index is 17.6. The van der Waals surface area contributed by atoms with Gasteiger partial charge in [-0.2, -0.15) is 0 Å². The van der Waals surface area contributed by atoms with Crippen LogP contribution in [-0.2, 0) is 35.2 Å². The number of hydrogen-bond acceptors (Lipinski definition) is 9. The number of ketones is 2. The average molecular weight is 773 g/mol. The monoisotopic (exact) mass is 772 g/mol. The predicted molar refractivity (Wildman–Crippen MR) is 198 cm³/mol. The van der Waals surface area contributed by atoms with Gasteiger partial charge in [0.05, 0.1) is 18.8 Å². The molecular weight excluding hydrogens is 718 g/mol. The molecule has 15 heteroatoms. The van der Waals surface area contributed by atoms with Crippen LogP contribution in [0.5, 0.6) is 0 Å².